The van der Waals surface area contributed by atoms with E-state index in [2.05, 4.69) is 10.2 Å². The molecule has 0 N–H and O–H groups in total. The molecule has 1 aromatic carbocycles. The van der Waals surface area contributed by atoms with Crippen LogP contribution in [0.3, 0.4) is 0 Å². The lowest BCUT2D eigenvalue weighted by atomic mass is 10.2. The second kappa shape index (κ2) is 9.62. The average Bonchev–Trinajstić information content (AvgIpc) is 3.37. The first-order valence-electron chi connectivity index (χ1n) is 8.74. The van der Waals surface area contributed by atoms with Crippen LogP contribution in [0.1, 0.15) is 29.6 Å². The first kappa shape index (κ1) is 20.9. The van der Waals surface area contributed by atoms with Crippen molar-refractivity contribution in [3.05, 3.63) is 58.0 Å². The van der Waals surface area contributed by atoms with Crippen molar-refractivity contribution < 1.29 is 23.1 Å². The zero-order chi connectivity index (χ0) is 20.8. The van der Waals surface area contributed by atoms with E-state index >= 15 is 0 Å². The molecular formula is C19H17ClFN3O4S. The molecule has 0 saturated carbocycles. The molecular weight excluding hydrogens is 421 g/mol. The molecule has 0 fully saturated rings. The van der Waals surface area contributed by atoms with Crippen molar-refractivity contribution >= 4 is 34.8 Å². The maximum absolute atomic E-state index is 13.1. The predicted octanol–water partition coefficient (Wildman–Crippen LogP) is 4.19. The molecule has 7 nitrogen and oxygen atoms in total. The molecule has 0 atom stereocenters. The fourth-order valence-corrected chi connectivity index (χ4v) is 3.38. The van der Waals surface area contributed by atoms with Gasteiger partial charge < -0.3 is 14.1 Å². The van der Waals surface area contributed by atoms with Gasteiger partial charge in [-0.2, -0.15) is 0 Å². The van der Waals surface area contributed by atoms with Crippen LogP contribution in [-0.4, -0.2) is 40.1 Å². The fourth-order valence-electron chi connectivity index (χ4n) is 2.49. The van der Waals surface area contributed by atoms with Gasteiger partial charge in [-0.15, -0.1) is 21.5 Å². The summed E-state index contributed by atoms with van der Waals surface area (Å²) in [6.45, 7) is 1.94. The second-order valence-corrected chi connectivity index (χ2v) is 7.35. The van der Waals surface area contributed by atoms with Gasteiger partial charge in [-0.25, -0.2) is 9.18 Å². The first-order valence-corrected chi connectivity index (χ1v) is 10.00. The number of amides is 1. The molecule has 3 rings (SSSR count). The minimum Gasteiger partial charge on any atom is -0.452 e. The number of rotatable bonds is 8. The summed E-state index contributed by atoms with van der Waals surface area (Å²) in [6, 6.07) is 7.03. The largest absolute Gasteiger partial charge is 0.452 e. The molecule has 0 aliphatic rings. The predicted molar refractivity (Wildman–Crippen MR) is 105 cm³/mol. The summed E-state index contributed by atoms with van der Waals surface area (Å²) in [5.41, 5.74) is -0.0135. The van der Waals surface area contributed by atoms with Gasteiger partial charge in [0.1, 0.15) is 5.82 Å². The van der Waals surface area contributed by atoms with Gasteiger partial charge in [-0.3, -0.25) is 4.79 Å². The minimum absolute atomic E-state index is 0.0135. The second-order valence-electron chi connectivity index (χ2n) is 5.99. The number of benzene rings is 1. The third-order valence-electron chi connectivity index (χ3n) is 3.85. The van der Waals surface area contributed by atoms with Crippen LogP contribution in [0.4, 0.5) is 4.39 Å². The quantitative estimate of drug-likeness (QED) is 0.491. The van der Waals surface area contributed by atoms with Crippen molar-refractivity contribution in [2.75, 3.05) is 13.2 Å². The fraction of sp³-hybridized carbons (Fsp3) is 0.263. The zero-order valence-corrected chi connectivity index (χ0v) is 17.0. The van der Waals surface area contributed by atoms with Gasteiger partial charge in [-0.1, -0.05) is 24.6 Å². The summed E-state index contributed by atoms with van der Waals surface area (Å²) >= 11 is 7.31. The smallest absolute Gasteiger partial charge is 0.340 e. The molecule has 3 aromatic rings. The van der Waals surface area contributed by atoms with Crippen LogP contribution in [0.15, 0.2) is 40.1 Å². The summed E-state index contributed by atoms with van der Waals surface area (Å²) in [4.78, 5) is 26.9. The van der Waals surface area contributed by atoms with Gasteiger partial charge in [0, 0.05) is 6.54 Å². The Morgan fingerprint density at radius 2 is 2.14 bits per heavy atom. The Labute approximate surface area is 175 Å². The maximum Gasteiger partial charge on any atom is 0.340 e. The van der Waals surface area contributed by atoms with Gasteiger partial charge in [-0.05, 0) is 36.1 Å². The van der Waals surface area contributed by atoms with E-state index < -0.39 is 24.3 Å². The summed E-state index contributed by atoms with van der Waals surface area (Å²) in [6.07, 6.45) is 0.690. The molecule has 0 aliphatic heterocycles. The molecule has 0 radical (unpaired) electrons. The molecule has 0 unspecified atom stereocenters. The highest BCUT2D eigenvalue weighted by Gasteiger charge is 2.20. The van der Waals surface area contributed by atoms with Gasteiger partial charge >= 0.3 is 5.97 Å². The van der Waals surface area contributed by atoms with Gasteiger partial charge in [0.25, 0.3) is 11.8 Å². The first-order chi connectivity index (χ1) is 14.0. The van der Waals surface area contributed by atoms with Gasteiger partial charge in [0.15, 0.2) is 6.61 Å². The van der Waals surface area contributed by atoms with Crippen molar-refractivity contribution in [1.82, 2.24) is 15.1 Å². The third kappa shape index (κ3) is 5.39. The molecule has 2 aromatic heterocycles. The Bertz CT molecular complexity index is 993. The number of carbonyl (C=O) groups is 2. The van der Waals surface area contributed by atoms with E-state index in [0.29, 0.717) is 18.9 Å². The Balaban J connectivity index is 1.61. The van der Waals surface area contributed by atoms with Crippen molar-refractivity contribution in [2.24, 2.45) is 0 Å². The lowest BCUT2D eigenvalue weighted by molar-refractivity contribution is -0.135. The number of nitrogens with zero attached hydrogens (tertiary/aromatic N) is 3. The van der Waals surface area contributed by atoms with Crippen LogP contribution >= 0.6 is 22.9 Å². The van der Waals surface area contributed by atoms with E-state index in [9.17, 15) is 14.0 Å². The summed E-state index contributed by atoms with van der Waals surface area (Å²) in [5, 5.41) is 9.77. The number of carbonyl (C=O) groups excluding carboxylic acids is 2. The summed E-state index contributed by atoms with van der Waals surface area (Å²) in [7, 11) is 0. The van der Waals surface area contributed by atoms with Gasteiger partial charge in [0.05, 0.1) is 22.0 Å². The highest BCUT2D eigenvalue weighted by molar-refractivity contribution is 7.13. The summed E-state index contributed by atoms with van der Waals surface area (Å²) in [5.74, 6) is -1.13. The molecule has 152 valence electrons. The maximum atomic E-state index is 13.1. The molecule has 29 heavy (non-hydrogen) atoms. The number of ether oxygens (including phenoxy) is 1. The van der Waals surface area contributed by atoms with Crippen molar-refractivity contribution in [2.45, 2.75) is 19.9 Å². The number of esters is 1. The molecule has 0 aliphatic carbocycles. The molecule has 10 heteroatoms. The Morgan fingerprint density at radius 3 is 2.83 bits per heavy atom. The molecule has 0 saturated heterocycles. The lowest BCUT2D eigenvalue weighted by Crippen LogP contribution is -2.35. The monoisotopic (exact) mass is 437 g/mol. The van der Waals surface area contributed by atoms with E-state index in [4.69, 9.17) is 20.8 Å². The van der Waals surface area contributed by atoms with Crippen LogP contribution in [0.25, 0.3) is 10.8 Å². The normalized spacial score (nSPS) is 10.7. The lowest BCUT2D eigenvalue weighted by Gasteiger charge is -2.20. The van der Waals surface area contributed by atoms with Crippen LogP contribution in [-0.2, 0) is 16.1 Å². The van der Waals surface area contributed by atoms with E-state index in [1.165, 1.54) is 22.3 Å². The number of halogens is 2. The standard InChI is InChI=1S/C19H17ClFN3O4S/c1-2-7-24(10-16-22-23-18(28-16)15-4-3-8-29-15)17(25)11-27-19(26)13-6-5-12(21)9-14(13)20/h3-6,8-9H,2,7,10-11H2,1H3. The summed E-state index contributed by atoms with van der Waals surface area (Å²) < 4.78 is 23.7. The Morgan fingerprint density at radius 1 is 1.31 bits per heavy atom. The number of thiophene rings is 1. The highest BCUT2D eigenvalue weighted by Crippen LogP contribution is 2.23. The van der Waals surface area contributed by atoms with Gasteiger partial charge in [0.2, 0.25) is 5.89 Å². The SMILES string of the molecule is CCCN(Cc1nnc(-c2cccs2)o1)C(=O)COC(=O)c1ccc(F)cc1Cl. The molecule has 0 bridgehead atoms. The van der Waals surface area contributed by atoms with Crippen molar-refractivity contribution in [3.8, 4) is 10.8 Å². The average molecular weight is 438 g/mol. The van der Waals surface area contributed by atoms with E-state index in [-0.39, 0.29) is 23.0 Å². The van der Waals surface area contributed by atoms with Crippen LogP contribution in [0, 0.1) is 5.82 Å². The number of aromatic nitrogens is 2. The Hall–Kier alpha value is -2.78. The number of hydrogen-bond donors (Lipinski definition) is 0. The van der Waals surface area contributed by atoms with Crippen LogP contribution in [0.5, 0.6) is 0 Å². The van der Waals surface area contributed by atoms with Crippen LogP contribution in [0.2, 0.25) is 5.02 Å². The number of hydrogen-bond acceptors (Lipinski definition) is 7. The van der Waals surface area contributed by atoms with Crippen LogP contribution < -0.4 is 0 Å². The topological polar surface area (TPSA) is 85.5 Å². The van der Waals surface area contributed by atoms with Crippen molar-refractivity contribution in [3.63, 3.8) is 0 Å². The highest BCUT2D eigenvalue weighted by atomic mass is 35.5. The van der Waals surface area contributed by atoms with E-state index in [1.54, 1.807) is 0 Å². The third-order valence-corrected chi connectivity index (χ3v) is 5.02. The molecule has 2 heterocycles. The Kier molecular flexibility index (Phi) is 6.95. The van der Waals surface area contributed by atoms with Crippen molar-refractivity contribution in [1.29, 1.82) is 0 Å². The minimum atomic E-state index is -0.808. The molecule has 0 spiro atoms. The van der Waals surface area contributed by atoms with E-state index in [0.717, 1.165) is 17.0 Å². The molecule has 1 amide bonds. The zero-order valence-electron chi connectivity index (χ0n) is 15.4. The van der Waals surface area contributed by atoms with E-state index in [1.807, 2.05) is 24.4 Å².